The molecule has 0 aliphatic heterocycles. The van der Waals surface area contributed by atoms with Crippen molar-refractivity contribution in [1.82, 2.24) is 0 Å². The lowest BCUT2D eigenvalue weighted by Gasteiger charge is -2.42. The Morgan fingerprint density at radius 1 is 1.41 bits per heavy atom. The summed E-state index contributed by atoms with van der Waals surface area (Å²) < 4.78 is 13.9. The van der Waals surface area contributed by atoms with E-state index in [1.165, 1.54) is 6.42 Å². The van der Waals surface area contributed by atoms with E-state index in [4.69, 9.17) is 17.3 Å². The van der Waals surface area contributed by atoms with Crippen LogP contribution in [0.5, 0.6) is 0 Å². The minimum Gasteiger partial charge on any atom is -0.330 e. The fraction of sp³-hybridized carbons (Fsp3) is 0.571. The maximum Gasteiger partial charge on any atom is 0.145 e. The zero-order chi connectivity index (χ0) is 12.6. The van der Waals surface area contributed by atoms with Crippen molar-refractivity contribution in [3.8, 4) is 0 Å². The van der Waals surface area contributed by atoms with Gasteiger partial charge in [0.2, 0.25) is 0 Å². The predicted molar refractivity (Wildman–Crippen MR) is 70.1 cm³/mol. The van der Waals surface area contributed by atoms with Crippen molar-refractivity contribution in [2.45, 2.75) is 44.4 Å². The molecule has 2 N–H and O–H groups in total. The Morgan fingerprint density at radius 3 is 2.47 bits per heavy atom. The third-order valence-corrected chi connectivity index (χ3v) is 4.27. The lowest BCUT2D eigenvalue weighted by atomic mass is 9.64. The third-order valence-electron chi connectivity index (χ3n) is 3.99. The summed E-state index contributed by atoms with van der Waals surface area (Å²) in [4.78, 5) is 0. The number of nitrogens with two attached hydrogens (primary N) is 1. The first-order valence-corrected chi connectivity index (χ1v) is 6.57. The van der Waals surface area contributed by atoms with Crippen LogP contribution in [0.15, 0.2) is 12.1 Å². The van der Waals surface area contributed by atoms with Crippen LogP contribution in [-0.4, -0.2) is 6.54 Å². The van der Waals surface area contributed by atoms with Gasteiger partial charge in [-0.1, -0.05) is 37.9 Å². The molecule has 1 aliphatic carbocycles. The van der Waals surface area contributed by atoms with Crippen molar-refractivity contribution < 1.29 is 4.39 Å². The second-order valence-electron chi connectivity index (χ2n) is 5.35. The molecule has 1 aliphatic rings. The normalized spacial score (nSPS) is 18.2. The van der Waals surface area contributed by atoms with E-state index in [0.29, 0.717) is 12.1 Å². The summed E-state index contributed by atoms with van der Waals surface area (Å²) in [6.07, 6.45) is 3.37. The van der Waals surface area contributed by atoms with Crippen LogP contribution in [0.3, 0.4) is 0 Å². The average molecular weight is 256 g/mol. The zero-order valence-electron chi connectivity index (χ0n) is 10.4. The Kier molecular flexibility index (Phi) is 3.46. The molecule has 0 saturated heterocycles. The van der Waals surface area contributed by atoms with Crippen molar-refractivity contribution >= 4 is 11.6 Å². The molecule has 94 valence electrons. The van der Waals surface area contributed by atoms with E-state index in [-0.39, 0.29) is 22.2 Å². The summed E-state index contributed by atoms with van der Waals surface area (Å²) in [7, 11) is 0. The second-order valence-corrected chi connectivity index (χ2v) is 5.76. The molecule has 0 aromatic heterocycles. The summed E-state index contributed by atoms with van der Waals surface area (Å²) in [5, 5.41) is 0.228. The van der Waals surface area contributed by atoms with Crippen molar-refractivity contribution in [3.05, 3.63) is 34.1 Å². The predicted octanol–water partition coefficient (Wildman–Crippen LogP) is 3.98. The van der Waals surface area contributed by atoms with E-state index in [2.05, 4.69) is 0 Å². The smallest absolute Gasteiger partial charge is 0.145 e. The molecule has 1 nitrogen and oxygen atoms in total. The standard InChI is InChI=1S/C14H19ClFN/c1-9(2)11-6-10(7-12(15)13(11)16)14(8-17)4-3-5-14/h6-7,9H,3-5,8,17H2,1-2H3. The maximum atomic E-state index is 13.9. The second kappa shape index (κ2) is 4.58. The summed E-state index contributed by atoms with van der Waals surface area (Å²) in [6.45, 7) is 4.58. The molecule has 1 saturated carbocycles. The Balaban J connectivity index is 2.49. The van der Waals surface area contributed by atoms with Crippen LogP contribution < -0.4 is 5.73 Å². The van der Waals surface area contributed by atoms with Crippen LogP contribution in [0.1, 0.15) is 50.2 Å². The SMILES string of the molecule is CC(C)c1cc(C2(CN)CCC2)cc(Cl)c1F. The number of halogens is 2. The maximum absolute atomic E-state index is 13.9. The fourth-order valence-corrected chi connectivity index (χ4v) is 2.78. The lowest BCUT2D eigenvalue weighted by Crippen LogP contribution is -2.41. The average Bonchev–Trinajstić information content (AvgIpc) is 2.21. The zero-order valence-corrected chi connectivity index (χ0v) is 11.1. The molecule has 2 rings (SSSR count). The van der Waals surface area contributed by atoms with Crippen molar-refractivity contribution in [1.29, 1.82) is 0 Å². The van der Waals surface area contributed by atoms with E-state index in [1.807, 2.05) is 19.9 Å². The molecular formula is C14H19ClFN. The molecule has 1 fully saturated rings. The van der Waals surface area contributed by atoms with Gasteiger partial charge in [0.15, 0.2) is 0 Å². The summed E-state index contributed by atoms with van der Waals surface area (Å²) >= 11 is 5.99. The molecule has 0 amide bonds. The Morgan fingerprint density at radius 2 is 2.06 bits per heavy atom. The van der Waals surface area contributed by atoms with Gasteiger partial charge >= 0.3 is 0 Å². The first kappa shape index (κ1) is 12.8. The van der Waals surface area contributed by atoms with Crippen LogP contribution in [0.2, 0.25) is 5.02 Å². The first-order valence-electron chi connectivity index (χ1n) is 6.19. The van der Waals surface area contributed by atoms with Crippen LogP contribution in [-0.2, 0) is 5.41 Å². The molecule has 0 bridgehead atoms. The highest BCUT2D eigenvalue weighted by Crippen LogP contribution is 2.44. The van der Waals surface area contributed by atoms with Gasteiger partial charge in [0.25, 0.3) is 0 Å². The van der Waals surface area contributed by atoms with E-state index < -0.39 is 0 Å². The fourth-order valence-electron chi connectivity index (χ4n) is 2.55. The van der Waals surface area contributed by atoms with Crippen LogP contribution in [0, 0.1) is 5.82 Å². The highest BCUT2D eigenvalue weighted by molar-refractivity contribution is 6.30. The Hall–Kier alpha value is -0.600. The number of hydrogen-bond acceptors (Lipinski definition) is 1. The summed E-state index contributed by atoms with van der Waals surface area (Å²) in [5.41, 5.74) is 7.73. The topological polar surface area (TPSA) is 26.0 Å². The molecule has 0 spiro atoms. The molecule has 17 heavy (non-hydrogen) atoms. The monoisotopic (exact) mass is 255 g/mol. The molecular weight excluding hydrogens is 237 g/mol. The quantitative estimate of drug-likeness (QED) is 0.869. The van der Waals surface area contributed by atoms with E-state index in [9.17, 15) is 4.39 Å². The summed E-state index contributed by atoms with van der Waals surface area (Å²) in [6, 6.07) is 3.71. The minimum atomic E-state index is -0.281. The van der Waals surface area contributed by atoms with Gasteiger partial charge in [0, 0.05) is 12.0 Å². The Bertz CT molecular complexity index is 419. The highest BCUT2D eigenvalue weighted by Gasteiger charge is 2.38. The van der Waals surface area contributed by atoms with Gasteiger partial charge in [-0.05, 0) is 36.0 Å². The van der Waals surface area contributed by atoms with Crippen LogP contribution in [0.25, 0.3) is 0 Å². The first-order chi connectivity index (χ1) is 8.00. The van der Waals surface area contributed by atoms with Gasteiger partial charge in [-0.15, -0.1) is 0 Å². The van der Waals surface area contributed by atoms with Gasteiger partial charge in [0.05, 0.1) is 5.02 Å². The molecule has 0 heterocycles. The van der Waals surface area contributed by atoms with E-state index in [1.54, 1.807) is 6.07 Å². The molecule has 1 aromatic carbocycles. The van der Waals surface area contributed by atoms with E-state index in [0.717, 1.165) is 18.4 Å². The van der Waals surface area contributed by atoms with Gasteiger partial charge < -0.3 is 5.73 Å². The molecule has 1 aromatic rings. The minimum absolute atomic E-state index is 0.0426. The largest absolute Gasteiger partial charge is 0.330 e. The Labute approximate surface area is 107 Å². The highest BCUT2D eigenvalue weighted by atomic mass is 35.5. The van der Waals surface area contributed by atoms with Crippen molar-refractivity contribution in [3.63, 3.8) is 0 Å². The molecule has 0 atom stereocenters. The van der Waals surface area contributed by atoms with Gasteiger partial charge in [-0.25, -0.2) is 4.39 Å². The van der Waals surface area contributed by atoms with Gasteiger partial charge in [-0.3, -0.25) is 0 Å². The molecule has 0 radical (unpaired) electrons. The van der Waals surface area contributed by atoms with Gasteiger partial charge in [-0.2, -0.15) is 0 Å². The molecule has 0 unspecified atom stereocenters. The number of benzene rings is 1. The third kappa shape index (κ3) is 2.09. The number of rotatable bonds is 3. The summed E-state index contributed by atoms with van der Waals surface area (Å²) in [5.74, 6) is -0.140. The van der Waals surface area contributed by atoms with Crippen molar-refractivity contribution in [2.75, 3.05) is 6.54 Å². The van der Waals surface area contributed by atoms with Gasteiger partial charge in [0.1, 0.15) is 5.82 Å². The lowest BCUT2D eigenvalue weighted by molar-refractivity contribution is 0.252. The molecule has 3 heteroatoms. The van der Waals surface area contributed by atoms with Crippen LogP contribution >= 0.6 is 11.6 Å². The number of hydrogen-bond donors (Lipinski definition) is 1. The van der Waals surface area contributed by atoms with Crippen LogP contribution in [0.4, 0.5) is 4.39 Å². The van der Waals surface area contributed by atoms with Crippen molar-refractivity contribution in [2.24, 2.45) is 5.73 Å². The van der Waals surface area contributed by atoms with E-state index >= 15 is 0 Å².